The maximum absolute atomic E-state index is 10.0. The van der Waals surface area contributed by atoms with Gasteiger partial charge in [-0.15, -0.1) is 0 Å². The van der Waals surface area contributed by atoms with Crippen LogP contribution >= 0.6 is 15.9 Å². The average Bonchev–Trinajstić information content (AvgIpc) is 1.65. The number of alkyl halides is 1. The lowest BCUT2D eigenvalue weighted by Gasteiger charge is -1.96. The van der Waals surface area contributed by atoms with Gasteiger partial charge in [0.15, 0.2) is 0 Å². The van der Waals surface area contributed by atoms with E-state index in [4.69, 9.17) is 13.6 Å². The van der Waals surface area contributed by atoms with Crippen molar-refractivity contribution in [3.8, 4) is 0 Å². The fourth-order valence-electron chi connectivity index (χ4n) is 0.116. The van der Waals surface area contributed by atoms with Gasteiger partial charge in [-0.3, -0.25) is 4.79 Å². The van der Waals surface area contributed by atoms with Crippen molar-refractivity contribution >= 4 is 29.7 Å². The third-order valence-electron chi connectivity index (χ3n) is 0.516. The van der Waals surface area contributed by atoms with Gasteiger partial charge in [-0.2, -0.15) is 0 Å². The lowest BCUT2D eigenvalue weighted by Crippen LogP contribution is -2.22. The maximum atomic E-state index is 10.0. The van der Waals surface area contributed by atoms with E-state index >= 15 is 0 Å². The van der Waals surface area contributed by atoms with Gasteiger partial charge in [-0.05, 0) is 0 Å². The van der Waals surface area contributed by atoms with Crippen LogP contribution in [-0.4, -0.2) is 18.6 Å². The summed E-state index contributed by atoms with van der Waals surface area (Å²) in [4.78, 5) is 9.66. The topological polar surface area (TPSA) is 43.1 Å². The molecule has 0 bridgehead atoms. The number of hydrogen-bond acceptors (Lipinski definition) is 1. The first-order valence-corrected chi connectivity index (χ1v) is 2.73. The Morgan fingerprint density at radius 2 is 2.43 bits per heavy atom. The van der Waals surface area contributed by atoms with Crippen molar-refractivity contribution in [2.75, 3.05) is 0 Å². The van der Waals surface area contributed by atoms with E-state index in [0.29, 0.717) is 0 Å². The van der Waals surface area contributed by atoms with Crippen molar-refractivity contribution in [2.24, 2.45) is 5.73 Å². The van der Waals surface area contributed by atoms with Gasteiger partial charge in [0.1, 0.15) is 0 Å². The molecule has 0 saturated carbocycles. The Labute approximate surface area is 52.0 Å². The minimum atomic E-state index is -0.414. The van der Waals surface area contributed by atoms with Gasteiger partial charge in [-0.25, -0.2) is 0 Å². The fraction of sp³-hybridized carbons (Fsp3) is 0.667. The molecule has 2 radical (unpaired) electrons. The van der Waals surface area contributed by atoms with E-state index in [-0.39, 0.29) is 11.1 Å². The second-order valence-electron chi connectivity index (χ2n) is 1.11. The largest absolute Gasteiger partial charge is 0.369 e. The maximum Gasteiger partial charge on any atom is 0.230 e. The minimum Gasteiger partial charge on any atom is -0.369 e. The zero-order chi connectivity index (χ0) is 5.86. The van der Waals surface area contributed by atoms with Crippen LogP contribution in [-0.2, 0) is 4.79 Å². The van der Waals surface area contributed by atoms with Crippen LogP contribution in [0.4, 0.5) is 0 Å². The normalized spacial score (nSPS) is 13.3. The van der Waals surface area contributed by atoms with Crippen LogP contribution in [0.25, 0.3) is 0 Å². The standard InChI is InChI=1S/C3H5BBrNO/c4-1-2(5)3(6)7/h2H,1H2,(H2,6,7). The summed E-state index contributed by atoms with van der Waals surface area (Å²) in [5.41, 5.74) is 4.78. The first-order chi connectivity index (χ1) is 3.18. The highest BCUT2D eigenvalue weighted by Crippen LogP contribution is 1.99. The second-order valence-corrected chi connectivity index (χ2v) is 2.21. The number of nitrogens with two attached hydrogens (primary N) is 1. The molecule has 2 N–H and O–H groups in total. The number of amides is 1. The Morgan fingerprint density at radius 3 is 2.43 bits per heavy atom. The number of primary amides is 1. The van der Waals surface area contributed by atoms with Gasteiger partial charge >= 0.3 is 0 Å². The molecule has 0 spiro atoms. The molecular weight excluding hydrogens is 157 g/mol. The number of hydrogen-bond donors (Lipinski definition) is 1. The summed E-state index contributed by atoms with van der Waals surface area (Å²) < 4.78 is 0. The molecule has 0 heterocycles. The van der Waals surface area contributed by atoms with Gasteiger partial charge in [0.2, 0.25) is 5.91 Å². The molecular formula is C3H5BBrNO. The predicted molar refractivity (Wildman–Crippen MR) is 32.5 cm³/mol. The molecule has 0 fully saturated rings. The number of carbonyl (C=O) groups excluding carboxylic acids is 1. The molecule has 7 heavy (non-hydrogen) atoms. The molecule has 4 heteroatoms. The molecule has 38 valence electrons. The Hall–Kier alpha value is 0.0149. The summed E-state index contributed by atoms with van der Waals surface area (Å²) in [6.45, 7) is 0. The summed E-state index contributed by atoms with van der Waals surface area (Å²) in [7, 11) is 5.03. The van der Waals surface area contributed by atoms with Crippen molar-refractivity contribution in [1.82, 2.24) is 0 Å². The molecule has 2 nitrogen and oxygen atoms in total. The molecule has 1 atom stereocenters. The van der Waals surface area contributed by atoms with Crippen molar-refractivity contribution in [2.45, 2.75) is 11.1 Å². The Balaban J connectivity index is 3.34. The third kappa shape index (κ3) is 2.68. The molecule has 0 aromatic rings. The van der Waals surface area contributed by atoms with Gasteiger partial charge in [0, 0.05) is 0 Å². The van der Waals surface area contributed by atoms with Gasteiger partial charge in [0.05, 0.1) is 12.7 Å². The highest BCUT2D eigenvalue weighted by Gasteiger charge is 2.04. The summed E-state index contributed by atoms with van der Waals surface area (Å²) in [5, 5.41) is 0. The summed E-state index contributed by atoms with van der Waals surface area (Å²) in [6.07, 6.45) is 0.259. The van der Waals surface area contributed by atoms with E-state index in [2.05, 4.69) is 15.9 Å². The van der Waals surface area contributed by atoms with Gasteiger partial charge in [0.25, 0.3) is 0 Å². The number of halogens is 1. The Morgan fingerprint density at radius 1 is 2.00 bits per heavy atom. The SMILES string of the molecule is [B]CC(Br)C(N)=O. The van der Waals surface area contributed by atoms with E-state index < -0.39 is 5.91 Å². The Kier molecular flexibility index (Phi) is 3.08. The van der Waals surface area contributed by atoms with E-state index in [1.54, 1.807) is 0 Å². The van der Waals surface area contributed by atoms with Crippen LogP contribution in [0.2, 0.25) is 6.32 Å². The summed E-state index contributed by atoms with van der Waals surface area (Å²) in [6, 6.07) is 0. The molecule has 0 aromatic heterocycles. The minimum absolute atomic E-state index is 0.259. The van der Waals surface area contributed by atoms with E-state index in [9.17, 15) is 4.79 Å². The van der Waals surface area contributed by atoms with Crippen LogP contribution in [0.15, 0.2) is 0 Å². The quantitative estimate of drug-likeness (QED) is 0.444. The molecule has 0 aliphatic carbocycles. The molecule has 1 unspecified atom stereocenters. The van der Waals surface area contributed by atoms with Crippen molar-refractivity contribution in [3.05, 3.63) is 0 Å². The first kappa shape index (κ1) is 7.01. The van der Waals surface area contributed by atoms with Crippen molar-refractivity contribution in [1.29, 1.82) is 0 Å². The molecule has 0 aromatic carbocycles. The van der Waals surface area contributed by atoms with Gasteiger partial charge < -0.3 is 5.73 Å². The van der Waals surface area contributed by atoms with Crippen LogP contribution in [0.5, 0.6) is 0 Å². The van der Waals surface area contributed by atoms with E-state index in [1.165, 1.54) is 0 Å². The second kappa shape index (κ2) is 3.07. The molecule has 0 rings (SSSR count). The number of rotatable bonds is 2. The molecule has 0 aliphatic heterocycles. The van der Waals surface area contributed by atoms with E-state index in [1.807, 2.05) is 0 Å². The predicted octanol–water partition coefficient (Wildman–Crippen LogP) is -0.178. The third-order valence-corrected chi connectivity index (χ3v) is 1.34. The van der Waals surface area contributed by atoms with Crippen LogP contribution < -0.4 is 5.73 Å². The van der Waals surface area contributed by atoms with Crippen LogP contribution in [0.3, 0.4) is 0 Å². The molecule has 0 aliphatic rings. The average molecular weight is 162 g/mol. The first-order valence-electron chi connectivity index (χ1n) is 1.82. The zero-order valence-corrected chi connectivity index (χ0v) is 5.31. The zero-order valence-electron chi connectivity index (χ0n) is 3.73. The van der Waals surface area contributed by atoms with Crippen molar-refractivity contribution < 1.29 is 4.79 Å². The Bertz CT molecular complexity index is 77.3. The highest BCUT2D eigenvalue weighted by molar-refractivity contribution is 9.10. The summed E-state index contributed by atoms with van der Waals surface area (Å²) >= 11 is 2.94. The molecule has 1 amide bonds. The van der Waals surface area contributed by atoms with Crippen LogP contribution in [0.1, 0.15) is 0 Å². The monoisotopic (exact) mass is 161 g/mol. The lowest BCUT2D eigenvalue weighted by atomic mass is 10.0. The number of carbonyl (C=O) groups is 1. The van der Waals surface area contributed by atoms with E-state index in [0.717, 1.165) is 0 Å². The van der Waals surface area contributed by atoms with Gasteiger partial charge in [-0.1, -0.05) is 22.3 Å². The summed E-state index contributed by atoms with van der Waals surface area (Å²) in [5.74, 6) is -0.414. The highest BCUT2D eigenvalue weighted by atomic mass is 79.9. The fourth-order valence-corrected chi connectivity index (χ4v) is 0.116. The smallest absolute Gasteiger partial charge is 0.230 e. The lowest BCUT2D eigenvalue weighted by molar-refractivity contribution is -0.117. The van der Waals surface area contributed by atoms with Crippen LogP contribution in [0, 0.1) is 0 Å². The van der Waals surface area contributed by atoms with Crippen molar-refractivity contribution in [3.63, 3.8) is 0 Å². The molecule has 0 saturated heterocycles.